The van der Waals surface area contributed by atoms with E-state index in [1.54, 1.807) is 0 Å². The molecule has 1 aromatic heterocycles. The second kappa shape index (κ2) is 6.19. The highest BCUT2D eigenvalue weighted by atomic mass is 16.3. The molecule has 1 aliphatic rings. The summed E-state index contributed by atoms with van der Waals surface area (Å²) in [5.41, 5.74) is 5.44. The molecule has 3 aromatic carbocycles. The molecule has 26 heavy (non-hydrogen) atoms. The highest BCUT2D eigenvalue weighted by Gasteiger charge is 2.17. The molecular formula is C23H18N2O. The summed E-state index contributed by atoms with van der Waals surface area (Å²) >= 11 is 0. The van der Waals surface area contributed by atoms with E-state index in [0.717, 1.165) is 46.8 Å². The molecule has 3 heteroatoms. The Balaban J connectivity index is 1.68. The number of fused-ring (bicyclic) bond motifs is 1. The second-order valence-electron chi connectivity index (χ2n) is 6.40. The predicted octanol–water partition coefficient (Wildman–Crippen LogP) is 5.12. The Kier molecular flexibility index (Phi) is 3.56. The number of hydrogen-bond acceptors (Lipinski definition) is 3. The van der Waals surface area contributed by atoms with Crippen LogP contribution in [0.2, 0.25) is 0 Å². The van der Waals surface area contributed by atoms with Crippen molar-refractivity contribution < 1.29 is 4.42 Å². The van der Waals surface area contributed by atoms with Crippen molar-refractivity contribution in [2.45, 2.75) is 0 Å². The summed E-state index contributed by atoms with van der Waals surface area (Å²) in [6, 6.07) is 27.1. The van der Waals surface area contributed by atoms with Crippen LogP contribution in [0.4, 0.5) is 0 Å². The Hall–Kier alpha value is -3.33. The quantitative estimate of drug-likeness (QED) is 0.563. The third-order valence-corrected chi connectivity index (χ3v) is 4.77. The molecule has 5 rings (SSSR count). The number of rotatable bonds is 3. The van der Waals surface area contributed by atoms with Crippen LogP contribution >= 0.6 is 0 Å². The first-order valence-corrected chi connectivity index (χ1v) is 8.86. The number of aliphatic imine (C=N–C) groups is 1. The van der Waals surface area contributed by atoms with Crippen molar-refractivity contribution in [1.82, 2.24) is 5.32 Å². The molecule has 0 saturated carbocycles. The van der Waals surface area contributed by atoms with E-state index in [1.807, 2.05) is 30.3 Å². The summed E-state index contributed by atoms with van der Waals surface area (Å²) in [6.45, 7) is 1.71. The molecule has 0 bridgehead atoms. The Morgan fingerprint density at radius 1 is 0.769 bits per heavy atom. The molecule has 0 unspecified atom stereocenters. The maximum Gasteiger partial charge on any atom is 0.136 e. The molecule has 0 saturated heterocycles. The molecule has 3 nitrogen and oxygen atoms in total. The molecule has 1 N–H and O–H groups in total. The van der Waals surface area contributed by atoms with Crippen LogP contribution in [0.1, 0.15) is 5.56 Å². The Bertz CT molecular complexity index is 1110. The van der Waals surface area contributed by atoms with Gasteiger partial charge in [-0.25, -0.2) is 0 Å². The zero-order chi connectivity index (χ0) is 17.3. The van der Waals surface area contributed by atoms with E-state index in [2.05, 4.69) is 58.8 Å². The molecule has 4 aromatic rings. The van der Waals surface area contributed by atoms with Gasteiger partial charge in [-0.3, -0.25) is 4.99 Å². The molecule has 0 atom stereocenters. The maximum atomic E-state index is 6.23. The fourth-order valence-electron chi connectivity index (χ4n) is 3.55. The van der Waals surface area contributed by atoms with Gasteiger partial charge in [0.2, 0.25) is 0 Å². The average Bonchev–Trinajstić information content (AvgIpc) is 3.38. The summed E-state index contributed by atoms with van der Waals surface area (Å²) in [7, 11) is 0. The number of nitrogens with zero attached hydrogens (tertiary/aromatic N) is 1. The third-order valence-electron chi connectivity index (χ3n) is 4.77. The summed E-state index contributed by atoms with van der Waals surface area (Å²) in [5.74, 6) is 1.82. The lowest BCUT2D eigenvalue weighted by molar-refractivity contribution is 0.631. The lowest BCUT2D eigenvalue weighted by Crippen LogP contribution is -2.20. The zero-order valence-corrected chi connectivity index (χ0v) is 14.3. The van der Waals surface area contributed by atoms with Crippen LogP contribution in [0, 0.1) is 0 Å². The monoisotopic (exact) mass is 338 g/mol. The number of furan rings is 1. The standard InChI is InChI=1S/C23H18N2O/c1-2-7-16(8-3-1)17-11-6-12-21-20(17)15-22(26-21)18-9-4-5-10-19(18)23-24-13-14-25-23/h1-12,15H,13-14H2,(H,24,25). The Morgan fingerprint density at radius 2 is 1.54 bits per heavy atom. The van der Waals surface area contributed by atoms with Crippen LogP contribution in [0.25, 0.3) is 33.4 Å². The summed E-state index contributed by atoms with van der Waals surface area (Å²) in [5, 5.41) is 4.49. The van der Waals surface area contributed by atoms with Crippen LogP contribution in [0.5, 0.6) is 0 Å². The van der Waals surface area contributed by atoms with Crippen molar-refractivity contribution in [1.29, 1.82) is 0 Å². The summed E-state index contributed by atoms with van der Waals surface area (Å²) < 4.78 is 6.23. The SMILES string of the molecule is c1ccc(-c2cccc3oc(-c4ccccc4C4=NCCN4)cc23)cc1. The topological polar surface area (TPSA) is 37.5 Å². The Morgan fingerprint density at radius 3 is 2.35 bits per heavy atom. The first-order chi connectivity index (χ1) is 12.9. The van der Waals surface area contributed by atoms with Crippen LogP contribution in [0.3, 0.4) is 0 Å². The smallest absolute Gasteiger partial charge is 0.136 e. The van der Waals surface area contributed by atoms with Crippen molar-refractivity contribution in [3.63, 3.8) is 0 Å². The summed E-state index contributed by atoms with van der Waals surface area (Å²) in [6.07, 6.45) is 0. The van der Waals surface area contributed by atoms with E-state index >= 15 is 0 Å². The van der Waals surface area contributed by atoms with Crippen molar-refractivity contribution >= 4 is 16.8 Å². The third kappa shape index (κ3) is 2.49. The lowest BCUT2D eigenvalue weighted by Gasteiger charge is -2.07. The van der Waals surface area contributed by atoms with Gasteiger partial charge in [-0.1, -0.05) is 66.7 Å². The van der Waals surface area contributed by atoms with Crippen molar-refractivity contribution in [2.24, 2.45) is 4.99 Å². The second-order valence-corrected chi connectivity index (χ2v) is 6.40. The highest BCUT2D eigenvalue weighted by Crippen LogP contribution is 2.35. The molecule has 0 aliphatic carbocycles. The average molecular weight is 338 g/mol. The maximum absolute atomic E-state index is 6.23. The molecule has 126 valence electrons. The minimum Gasteiger partial charge on any atom is -0.456 e. The first-order valence-electron chi connectivity index (χ1n) is 8.86. The van der Waals surface area contributed by atoms with E-state index < -0.39 is 0 Å². The zero-order valence-electron chi connectivity index (χ0n) is 14.3. The first kappa shape index (κ1) is 15.0. The van der Waals surface area contributed by atoms with Gasteiger partial charge in [0.15, 0.2) is 0 Å². The molecule has 0 radical (unpaired) electrons. The van der Waals surface area contributed by atoms with Gasteiger partial charge in [0.05, 0.1) is 6.54 Å². The van der Waals surface area contributed by atoms with Crippen molar-refractivity contribution in [2.75, 3.05) is 13.1 Å². The highest BCUT2D eigenvalue weighted by molar-refractivity contribution is 6.06. The van der Waals surface area contributed by atoms with Gasteiger partial charge < -0.3 is 9.73 Å². The van der Waals surface area contributed by atoms with Gasteiger partial charge in [0.25, 0.3) is 0 Å². The van der Waals surface area contributed by atoms with Gasteiger partial charge in [-0.15, -0.1) is 0 Å². The van der Waals surface area contributed by atoms with Crippen LogP contribution in [-0.2, 0) is 0 Å². The molecular weight excluding hydrogens is 320 g/mol. The normalized spacial score (nSPS) is 13.6. The van der Waals surface area contributed by atoms with Crippen LogP contribution < -0.4 is 5.32 Å². The fraction of sp³-hybridized carbons (Fsp3) is 0.0870. The number of amidine groups is 1. The van der Waals surface area contributed by atoms with E-state index in [4.69, 9.17) is 4.42 Å². The fourth-order valence-corrected chi connectivity index (χ4v) is 3.55. The molecule has 0 amide bonds. The number of hydrogen-bond donors (Lipinski definition) is 1. The minimum atomic E-state index is 0.821. The van der Waals surface area contributed by atoms with Crippen molar-refractivity contribution in [3.05, 3.63) is 84.4 Å². The predicted molar refractivity (Wildman–Crippen MR) is 106 cm³/mol. The van der Waals surface area contributed by atoms with E-state index in [-0.39, 0.29) is 0 Å². The van der Waals surface area contributed by atoms with Gasteiger partial charge >= 0.3 is 0 Å². The van der Waals surface area contributed by atoms with Gasteiger partial charge in [-0.05, 0) is 23.3 Å². The van der Waals surface area contributed by atoms with E-state index in [9.17, 15) is 0 Å². The number of benzene rings is 3. The van der Waals surface area contributed by atoms with Crippen LogP contribution in [0.15, 0.2) is 88.3 Å². The largest absolute Gasteiger partial charge is 0.456 e. The molecule has 1 aliphatic heterocycles. The summed E-state index contributed by atoms with van der Waals surface area (Å²) in [4.78, 5) is 4.58. The van der Waals surface area contributed by atoms with Gasteiger partial charge in [-0.2, -0.15) is 0 Å². The van der Waals surface area contributed by atoms with Crippen molar-refractivity contribution in [3.8, 4) is 22.5 Å². The molecule has 0 spiro atoms. The van der Waals surface area contributed by atoms with Crippen LogP contribution in [-0.4, -0.2) is 18.9 Å². The lowest BCUT2D eigenvalue weighted by atomic mass is 10.0. The molecule has 0 fully saturated rings. The number of nitrogens with one attached hydrogen (secondary N) is 1. The molecule has 2 heterocycles. The van der Waals surface area contributed by atoms with Gasteiger partial charge in [0, 0.05) is 23.1 Å². The van der Waals surface area contributed by atoms with Gasteiger partial charge in [0.1, 0.15) is 17.2 Å². The Labute approximate surface area is 152 Å². The van der Waals surface area contributed by atoms with E-state index in [0.29, 0.717) is 0 Å². The van der Waals surface area contributed by atoms with E-state index in [1.165, 1.54) is 11.1 Å². The minimum absolute atomic E-state index is 0.821.